The van der Waals surface area contributed by atoms with E-state index in [1.165, 1.54) is 12.1 Å². The highest BCUT2D eigenvalue weighted by molar-refractivity contribution is 6.55. The molecule has 0 aromatic heterocycles. The first kappa shape index (κ1) is 24.0. The van der Waals surface area contributed by atoms with E-state index in [1.54, 1.807) is 42.5 Å². The Morgan fingerprint density at radius 3 is 1.50 bits per heavy atom. The van der Waals surface area contributed by atoms with Crippen LogP contribution < -0.4 is 18.9 Å². The minimum Gasteiger partial charge on any atom is -0.494 e. The van der Waals surface area contributed by atoms with Crippen LogP contribution in [-0.4, -0.2) is 32.6 Å². The topological polar surface area (TPSA) is 36.9 Å². The molecule has 4 nitrogen and oxygen atoms in total. The lowest BCUT2D eigenvalue weighted by atomic mass is 10.3. The van der Waals surface area contributed by atoms with Crippen molar-refractivity contribution < 1.29 is 32.1 Å². The van der Waals surface area contributed by atoms with Crippen LogP contribution in [0.3, 0.4) is 0 Å². The Morgan fingerprint density at radius 1 is 0.700 bits per heavy atom. The van der Waals surface area contributed by atoms with Crippen LogP contribution in [0.15, 0.2) is 59.1 Å². The van der Waals surface area contributed by atoms with Gasteiger partial charge < -0.3 is 18.9 Å². The summed E-state index contributed by atoms with van der Waals surface area (Å²) in [7, 11) is 0. The summed E-state index contributed by atoms with van der Waals surface area (Å²) in [5.41, 5.74) is 0. The smallest absolute Gasteiger partial charge is 0.422 e. The maximum Gasteiger partial charge on any atom is 0.422 e. The summed E-state index contributed by atoms with van der Waals surface area (Å²) in [5.74, 6) is 2.11. The minimum atomic E-state index is -4.36. The molecule has 0 heterocycles. The first-order valence-electron chi connectivity index (χ1n) is 9.11. The van der Waals surface area contributed by atoms with Gasteiger partial charge >= 0.3 is 6.18 Å². The van der Waals surface area contributed by atoms with Crippen LogP contribution in [0, 0.1) is 0 Å². The standard InChI is InChI=1S/C21H21Cl2F3O4/c22-20(23)11-14-29-18-5-3-16(4-6-18)27-12-1-2-13-28-17-7-9-19(10-8-17)30-15-21(24,25)26/h3-11H,1-2,12-15H2. The van der Waals surface area contributed by atoms with E-state index in [-0.39, 0.29) is 16.8 Å². The van der Waals surface area contributed by atoms with Crippen molar-refractivity contribution in [2.24, 2.45) is 0 Å². The Morgan fingerprint density at radius 2 is 1.10 bits per heavy atom. The van der Waals surface area contributed by atoms with Gasteiger partial charge in [0, 0.05) is 0 Å². The Kier molecular flexibility index (Phi) is 9.97. The van der Waals surface area contributed by atoms with Gasteiger partial charge in [-0.1, -0.05) is 23.2 Å². The van der Waals surface area contributed by atoms with Crippen molar-refractivity contribution in [3.8, 4) is 23.0 Å². The van der Waals surface area contributed by atoms with Gasteiger partial charge in [-0.25, -0.2) is 0 Å². The molecule has 2 aromatic rings. The van der Waals surface area contributed by atoms with Gasteiger partial charge in [-0.2, -0.15) is 13.2 Å². The van der Waals surface area contributed by atoms with Crippen molar-refractivity contribution in [2.45, 2.75) is 19.0 Å². The summed E-state index contributed by atoms with van der Waals surface area (Å²) in [6.45, 7) is -0.0387. The van der Waals surface area contributed by atoms with Gasteiger partial charge in [-0.15, -0.1) is 0 Å². The Balaban J connectivity index is 1.58. The zero-order chi connectivity index (χ0) is 21.8. The van der Waals surface area contributed by atoms with Crippen molar-refractivity contribution in [3.63, 3.8) is 0 Å². The monoisotopic (exact) mass is 464 g/mol. The van der Waals surface area contributed by atoms with Gasteiger partial charge in [0.25, 0.3) is 0 Å². The molecule has 9 heteroatoms. The Bertz CT molecular complexity index is 774. The molecule has 30 heavy (non-hydrogen) atoms. The van der Waals surface area contributed by atoms with Crippen LogP contribution in [0.25, 0.3) is 0 Å². The number of rotatable bonds is 12. The third-order valence-corrected chi connectivity index (χ3v) is 3.92. The zero-order valence-corrected chi connectivity index (χ0v) is 17.5. The van der Waals surface area contributed by atoms with Gasteiger partial charge in [0.2, 0.25) is 0 Å². The van der Waals surface area contributed by atoms with Gasteiger partial charge in [-0.05, 0) is 67.4 Å². The predicted molar refractivity (Wildman–Crippen MR) is 110 cm³/mol. The highest BCUT2D eigenvalue weighted by Crippen LogP contribution is 2.22. The summed E-state index contributed by atoms with van der Waals surface area (Å²) in [6, 6.07) is 13.2. The van der Waals surface area contributed by atoms with Crippen LogP contribution in [0.4, 0.5) is 13.2 Å². The first-order valence-corrected chi connectivity index (χ1v) is 9.87. The molecule has 0 amide bonds. The molecule has 0 N–H and O–H groups in total. The number of hydrogen-bond donors (Lipinski definition) is 0. The summed E-state index contributed by atoms with van der Waals surface area (Å²) >= 11 is 11.0. The quantitative estimate of drug-likeness (QED) is 0.333. The molecule has 2 rings (SSSR count). The molecule has 0 spiro atoms. The van der Waals surface area contributed by atoms with E-state index in [2.05, 4.69) is 4.74 Å². The fraction of sp³-hybridized carbons (Fsp3) is 0.333. The van der Waals surface area contributed by atoms with Crippen LogP contribution >= 0.6 is 23.2 Å². The molecule has 0 atom stereocenters. The average molecular weight is 465 g/mol. The van der Waals surface area contributed by atoms with Crippen molar-refractivity contribution in [1.82, 2.24) is 0 Å². The second-order valence-electron chi connectivity index (χ2n) is 6.06. The summed E-state index contributed by atoms with van der Waals surface area (Å²) in [5, 5.41) is 0. The van der Waals surface area contributed by atoms with E-state index in [9.17, 15) is 13.2 Å². The maximum atomic E-state index is 12.1. The van der Waals surface area contributed by atoms with Gasteiger partial charge in [-0.3, -0.25) is 0 Å². The molecule has 0 saturated carbocycles. The highest BCUT2D eigenvalue weighted by Gasteiger charge is 2.28. The molecular weight excluding hydrogens is 444 g/mol. The predicted octanol–water partition coefficient (Wildman–Crippen LogP) is 6.56. The average Bonchev–Trinajstić information content (AvgIpc) is 2.70. The molecule has 164 valence electrons. The largest absolute Gasteiger partial charge is 0.494 e. The number of ether oxygens (including phenoxy) is 4. The maximum absolute atomic E-state index is 12.1. The van der Waals surface area contributed by atoms with Crippen molar-refractivity contribution in [3.05, 3.63) is 59.1 Å². The lowest BCUT2D eigenvalue weighted by molar-refractivity contribution is -0.153. The van der Waals surface area contributed by atoms with E-state index >= 15 is 0 Å². The molecule has 0 unspecified atom stereocenters. The lowest BCUT2D eigenvalue weighted by Gasteiger charge is -2.10. The number of unbranched alkanes of at least 4 members (excludes halogenated alkanes) is 1. The van der Waals surface area contributed by atoms with Crippen LogP contribution in [0.5, 0.6) is 23.0 Å². The van der Waals surface area contributed by atoms with E-state index in [1.807, 2.05) is 0 Å². The summed E-state index contributed by atoms with van der Waals surface area (Å²) in [4.78, 5) is 0. The highest BCUT2D eigenvalue weighted by atomic mass is 35.5. The van der Waals surface area contributed by atoms with Crippen LogP contribution in [-0.2, 0) is 0 Å². The van der Waals surface area contributed by atoms with Gasteiger partial charge in [0.05, 0.1) is 13.2 Å². The molecule has 0 bridgehead atoms. The molecule has 0 aliphatic carbocycles. The third kappa shape index (κ3) is 10.5. The normalized spacial score (nSPS) is 11.0. The fourth-order valence-electron chi connectivity index (χ4n) is 2.21. The van der Waals surface area contributed by atoms with Crippen LogP contribution in [0.1, 0.15) is 12.8 Å². The van der Waals surface area contributed by atoms with Gasteiger partial charge in [0.15, 0.2) is 6.61 Å². The van der Waals surface area contributed by atoms with E-state index in [4.69, 9.17) is 37.4 Å². The van der Waals surface area contributed by atoms with Crippen molar-refractivity contribution >= 4 is 23.2 Å². The SMILES string of the molecule is FC(F)(F)COc1ccc(OCCCCOc2ccc(OCC=C(Cl)Cl)cc2)cc1. The van der Waals surface area contributed by atoms with Crippen molar-refractivity contribution in [1.29, 1.82) is 0 Å². The number of halogens is 5. The molecule has 2 aromatic carbocycles. The minimum absolute atomic E-state index is 0.142. The molecule has 0 aliphatic rings. The summed E-state index contributed by atoms with van der Waals surface area (Å²) < 4.78 is 57.8. The molecule has 0 saturated heterocycles. The molecule has 0 aliphatic heterocycles. The number of benzene rings is 2. The van der Waals surface area contributed by atoms with Crippen molar-refractivity contribution in [2.75, 3.05) is 26.4 Å². The Labute approximate surface area is 183 Å². The van der Waals surface area contributed by atoms with E-state index in [0.29, 0.717) is 24.7 Å². The fourth-order valence-corrected chi connectivity index (χ4v) is 2.34. The van der Waals surface area contributed by atoms with Crippen LogP contribution in [0.2, 0.25) is 0 Å². The lowest BCUT2D eigenvalue weighted by Crippen LogP contribution is -2.19. The summed E-state index contributed by atoms with van der Waals surface area (Å²) in [6.07, 6.45) is -1.27. The Hall–Kier alpha value is -2.25. The molecular formula is C21H21Cl2F3O4. The number of hydrogen-bond acceptors (Lipinski definition) is 4. The third-order valence-electron chi connectivity index (χ3n) is 3.61. The van der Waals surface area contributed by atoms with E-state index in [0.717, 1.165) is 18.6 Å². The zero-order valence-electron chi connectivity index (χ0n) is 16.0. The van der Waals surface area contributed by atoms with Gasteiger partial charge in [0.1, 0.15) is 34.1 Å². The molecule has 0 fully saturated rings. The number of alkyl halides is 3. The second kappa shape index (κ2) is 12.4. The second-order valence-corrected chi connectivity index (χ2v) is 7.06. The first-order chi connectivity index (χ1) is 14.3. The molecule has 0 radical (unpaired) electrons. The van der Waals surface area contributed by atoms with E-state index < -0.39 is 12.8 Å².